The van der Waals surface area contributed by atoms with E-state index in [0.29, 0.717) is 11.9 Å². The molecule has 1 aromatic rings. The molecule has 1 fully saturated rings. The minimum absolute atomic E-state index is 0.579. The molecule has 1 saturated carbocycles. The van der Waals surface area contributed by atoms with E-state index in [9.17, 15) is 0 Å². The zero-order valence-electron chi connectivity index (χ0n) is 6.54. The number of aryl methyl sites for hydroxylation is 1. The van der Waals surface area contributed by atoms with Crippen LogP contribution in [0.3, 0.4) is 0 Å². The lowest BCUT2D eigenvalue weighted by Gasteiger charge is -2.01. The van der Waals surface area contributed by atoms with Gasteiger partial charge in [-0.3, -0.25) is 4.68 Å². The number of nitrogens with zero attached hydrogens (tertiary/aromatic N) is 2. The smallest absolute Gasteiger partial charge is 0.147 e. The molecular weight excluding hydrogens is 140 g/mol. The average molecular weight is 152 g/mol. The highest BCUT2D eigenvalue weighted by Gasteiger charge is 2.21. The quantitative estimate of drug-likeness (QED) is 0.651. The summed E-state index contributed by atoms with van der Waals surface area (Å²) in [5.74, 6) is 1.60. The number of aromatic nitrogens is 2. The molecular formula is C7H12N4. The summed E-state index contributed by atoms with van der Waals surface area (Å²) in [6, 6.07) is 2.52. The molecule has 0 aliphatic heterocycles. The summed E-state index contributed by atoms with van der Waals surface area (Å²) in [6.45, 7) is 0. The van der Waals surface area contributed by atoms with E-state index >= 15 is 0 Å². The van der Waals surface area contributed by atoms with Crippen molar-refractivity contribution in [3.63, 3.8) is 0 Å². The van der Waals surface area contributed by atoms with Crippen molar-refractivity contribution in [1.82, 2.24) is 9.78 Å². The van der Waals surface area contributed by atoms with Gasteiger partial charge < -0.3 is 11.1 Å². The number of hydrogen-bond acceptors (Lipinski definition) is 3. The second-order valence-corrected chi connectivity index (χ2v) is 3.00. The highest BCUT2D eigenvalue weighted by Crippen LogP contribution is 2.24. The molecule has 1 aliphatic carbocycles. The molecule has 4 nitrogen and oxygen atoms in total. The number of nitrogen functional groups attached to an aromatic ring is 1. The summed E-state index contributed by atoms with van der Waals surface area (Å²) in [5, 5.41) is 7.35. The zero-order chi connectivity index (χ0) is 7.84. The van der Waals surface area contributed by atoms with E-state index in [-0.39, 0.29) is 0 Å². The molecule has 1 aliphatic rings. The first-order chi connectivity index (χ1) is 5.25. The van der Waals surface area contributed by atoms with Crippen molar-refractivity contribution in [2.75, 3.05) is 11.1 Å². The molecule has 1 heterocycles. The monoisotopic (exact) mass is 152 g/mol. The predicted molar refractivity (Wildman–Crippen MR) is 44.3 cm³/mol. The van der Waals surface area contributed by atoms with E-state index in [1.54, 1.807) is 4.68 Å². The van der Waals surface area contributed by atoms with Crippen molar-refractivity contribution in [3.05, 3.63) is 6.07 Å². The third-order valence-corrected chi connectivity index (χ3v) is 1.83. The Labute approximate surface area is 65.4 Å². The van der Waals surface area contributed by atoms with Gasteiger partial charge in [-0.25, -0.2) is 0 Å². The lowest BCUT2D eigenvalue weighted by Crippen LogP contribution is -2.05. The van der Waals surface area contributed by atoms with Gasteiger partial charge in [0, 0.05) is 19.2 Å². The highest BCUT2D eigenvalue weighted by atomic mass is 15.3. The number of hydrogen-bond donors (Lipinski definition) is 2. The fourth-order valence-electron chi connectivity index (χ4n) is 1.06. The Kier molecular flexibility index (Phi) is 1.27. The first-order valence-corrected chi connectivity index (χ1v) is 3.82. The fourth-order valence-corrected chi connectivity index (χ4v) is 1.06. The van der Waals surface area contributed by atoms with Crippen LogP contribution < -0.4 is 11.1 Å². The van der Waals surface area contributed by atoms with Gasteiger partial charge in [-0.1, -0.05) is 0 Å². The minimum Gasteiger partial charge on any atom is -0.382 e. The molecule has 0 spiro atoms. The Morgan fingerprint density at radius 1 is 1.73 bits per heavy atom. The molecule has 0 saturated heterocycles. The third kappa shape index (κ3) is 1.29. The molecule has 0 radical (unpaired) electrons. The molecule has 11 heavy (non-hydrogen) atoms. The average Bonchev–Trinajstić information content (AvgIpc) is 2.64. The summed E-state index contributed by atoms with van der Waals surface area (Å²) in [5.41, 5.74) is 5.50. The highest BCUT2D eigenvalue weighted by molar-refractivity contribution is 5.46. The lowest BCUT2D eigenvalue weighted by atomic mass is 10.5. The summed E-state index contributed by atoms with van der Waals surface area (Å²) in [4.78, 5) is 0. The molecule has 1 aromatic heterocycles. The second-order valence-electron chi connectivity index (χ2n) is 3.00. The van der Waals surface area contributed by atoms with E-state index in [2.05, 4.69) is 10.4 Å². The van der Waals surface area contributed by atoms with Crippen molar-refractivity contribution in [1.29, 1.82) is 0 Å². The van der Waals surface area contributed by atoms with Crippen LogP contribution in [0.5, 0.6) is 0 Å². The standard InChI is InChI=1S/C7H12N4/c1-11-7(4-6(8)10-11)9-5-2-3-5/h4-5,9H,2-3H2,1H3,(H2,8,10). The maximum Gasteiger partial charge on any atom is 0.147 e. The van der Waals surface area contributed by atoms with Gasteiger partial charge in [0.2, 0.25) is 0 Å². The number of nitrogens with two attached hydrogens (primary N) is 1. The topological polar surface area (TPSA) is 55.9 Å². The van der Waals surface area contributed by atoms with Crippen molar-refractivity contribution in [2.24, 2.45) is 7.05 Å². The van der Waals surface area contributed by atoms with Crippen LogP contribution in [0, 0.1) is 0 Å². The van der Waals surface area contributed by atoms with E-state index in [4.69, 9.17) is 5.73 Å². The van der Waals surface area contributed by atoms with Gasteiger partial charge in [-0.05, 0) is 12.8 Å². The van der Waals surface area contributed by atoms with Crippen molar-refractivity contribution in [2.45, 2.75) is 18.9 Å². The van der Waals surface area contributed by atoms with Gasteiger partial charge in [0.1, 0.15) is 11.6 Å². The predicted octanol–water partition coefficient (Wildman–Crippen LogP) is 0.577. The maximum atomic E-state index is 5.50. The van der Waals surface area contributed by atoms with Crippen LogP contribution in [0.4, 0.5) is 11.6 Å². The molecule has 60 valence electrons. The van der Waals surface area contributed by atoms with Crippen molar-refractivity contribution in [3.8, 4) is 0 Å². The molecule has 2 rings (SSSR count). The SMILES string of the molecule is Cn1nc(N)cc1NC1CC1. The minimum atomic E-state index is 0.579. The molecule has 0 unspecified atom stereocenters. The number of anilines is 2. The van der Waals surface area contributed by atoms with Crippen LogP contribution in [-0.4, -0.2) is 15.8 Å². The van der Waals surface area contributed by atoms with Crippen LogP contribution in [-0.2, 0) is 7.05 Å². The van der Waals surface area contributed by atoms with Gasteiger partial charge in [-0.15, -0.1) is 0 Å². The molecule has 0 bridgehead atoms. The maximum absolute atomic E-state index is 5.50. The van der Waals surface area contributed by atoms with E-state index in [0.717, 1.165) is 5.82 Å². The first kappa shape index (κ1) is 6.52. The normalized spacial score (nSPS) is 16.8. The summed E-state index contributed by atoms with van der Waals surface area (Å²) in [6.07, 6.45) is 2.54. The molecule has 3 N–H and O–H groups in total. The lowest BCUT2D eigenvalue weighted by molar-refractivity contribution is 0.772. The van der Waals surface area contributed by atoms with E-state index in [1.165, 1.54) is 12.8 Å². The van der Waals surface area contributed by atoms with Gasteiger partial charge in [0.05, 0.1) is 0 Å². The Morgan fingerprint density at radius 2 is 2.45 bits per heavy atom. The number of nitrogens with one attached hydrogen (secondary N) is 1. The van der Waals surface area contributed by atoms with Crippen molar-refractivity contribution >= 4 is 11.6 Å². The Bertz CT molecular complexity index is 261. The van der Waals surface area contributed by atoms with Crippen LogP contribution in [0.1, 0.15) is 12.8 Å². The zero-order valence-corrected chi connectivity index (χ0v) is 6.54. The summed E-state index contributed by atoms with van der Waals surface area (Å²) < 4.78 is 1.77. The van der Waals surface area contributed by atoms with Gasteiger partial charge in [0.15, 0.2) is 0 Å². The van der Waals surface area contributed by atoms with Gasteiger partial charge in [-0.2, -0.15) is 5.10 Å². The summed E-state index contributed by atoms with van der Waals surface area (Å²) in [7, 11) is 1.89. The van der Waals surface area contributed by atoms with E-state index in [1.807, 2.05) is 13.1 Å². The largest absolute Gasteiger partial charge is 0.382 e. The number of rotatable bonds is 2. The Balaban J connectivity index is 2.14. The third-order valence-electron chi connectivity index (χ3n) is 1.83. The Morgan fingerprint density at radius 3 is 2.91 bits per heavy atom. The fraction of sp³-hybridized carbons (Fsp3) is 0.571. The Hall–Kier alpha value is -1.19. The second kappa shape index (κ2) is 2.15. The van der Waals surface area contributed by atoms with Crippen LogP contribution in [0.2, 0.25) is 0 Å². The molecule has 0 aromatic carbocycles. The van der Waals surface area contributed by atoms with Crippen LogP contribution >= 0.6 is 0 Å². The first-order valence-electron chi connectivity index (χ1n) is 3.82. The van der Waals surface area contributed by atoms with E-state index < -0.39 is 0 Å². The van der Waals surface area contributed by atoms with Gasteiger partial charge in [0.25, 0.3) is 0 Å². The molecule has 0 amide bonds. The van der Waals surface area contributed by atoms with Gasteiger partial charge >= 0.3 is 0 Å². The van der Waals surface area contributed by atoms with Crippen LogP contribution in [0.15, 0.2) is 6.07 Å². The summed E-state index contributed by atoms with van der Waals surface area (Å²) >= 11 is 0. The van der Waals surface area contributed by atoms with Crippen molar-refractivity contribution < 1.29 is 0 Å². The molecule has 4 heteroatoms. The van der Waals surface area contributed by atoms with Crippen LogP contribution in [0.25, 0.3) is 0 Å². The molecule has 0 atom stereocenters.